The number of benzene rings is 1. The van der Waals surface area contributed by atoms with Crippen LogP contribution in [0.5, 0.6) is 0 Å². The molecule has 0 saturated heterocycles. The Hall–Kier alpha value is -3.56. The van der Waals surface area contributed by atoms with E-state index in [1.54, 1.807) is 18.6 Å². The summed E-state index contributed by atoms with van der Waals surface area (Å²) in [5.74, 6) is 1.11. The highest BCUT2D eigenvalue weighted by Crippen LogP contribution is 2.34. The number of carbonyl (C=O) groups excluding carboxylic acids is 1. The molecule has 1 aromatic carbocycles. The zero-order valence-corrected chi connectivity index (χ0v) is 18.6. The molecule has 5 aromatic rings. The summed E-state index contributed by atoms with van der Waals surface area (Å²) in [4.78, 5) is 25.2. The van der Waals surface area contributed by atoms with Crippen LogP contribution in [0.2, 0.25) is 0 Å². The molecule has 1 amide bonds. The van der Waals surface area contributed by atoms with Crippen molar-refractivity contribution in [3.63, 3.8) is 0 Å². The third-order valence-corrected chi connectivity index (χ3v) is 6.41. The Balaban J connectivity index is 1.31. The lowest BCUT2D eigenvalue weighted by Gasteiger charge is -2.08. The van der Waals surface area contributed by atoms with Crippen LogP contribution in [0.25, 0.3) is 34.2 Å². The van der Waals surface area contributed by atoms with E-state index in [4.69, 9.17) is 8.83 Å². The van der Waals surface area contributed by atoms with Crippen molar-refractivity contribution in [1.29, 1.82) is 0 Å². The van der Waals surface area contributed by atoms with Gasteiger partial charge in [-0.15, -0.1) is 11.3 Å². The predicted octanol–water partition coefficient (Wildman–Crippen LogP) is 6.17. The van der Waals surface area contributed by atoms with Gasteiger partial charge in [0.15, 0.2) is 21.8 Å². The van der Waals surface area contributed by atoms with Gasteiger partial charge < -0.3 is 19.1 Å². The molecule has 1 atom stereocenters. The highest BCUT2D eigenvalue weighted by Gasteiger charge is 2.22. The van der Waals surface area contributed by atoms with E-state index in [1.165, 1.54) is 23.1 Å². The molecule has 4 heterocycles. The topological polar surface area (TPSA) is 97.0 Å². The summed E-state index contributed by atoms with van der Waals surface area (Å²) in [6, 6.07) is 17.1. The molecular formula is C23H18N4O3S2. The Morgan fingerprint density at radius 2 is 1.78 bits per heavy atom. The number of thiazole rings is 1. The van der Waals surface area contributed by atoms with Crippen LogP contribution in [-0.2, 0) is 4.79 Å². The minimum absolute atomic E-state index is 0.153. The fourth-order valence-electron chi connectivity index (χ4n) is 3.10. The second kappa shape index (κ2) is 8.89. The van der Waals surface area contributed by atoms with Gasteiger partial charge in [-0.05, 0) is 31.2 Å². The summed E-state index contributed by atoms with van der Waals surface area (Å²) in [6.07, 6.45) is 3.19. The number of furan rings is 2. The molecule has 9 heteroatoms. The first-order chi connectivity index (χ1) is 15.7. The average molecular weight is 463 g/mol. The molecule has 160 valence electrons. The second-order valence-electron chi connectivity index (χ2n) is 6.87. The van der Waals surface area contributed by atoms with E-state index in [2.05, 4.69) is 20.3 Å². The summed E-state index contributed by atoms with van der Waals surface area (Å²) in [6.45, 7) is 1.83. The molecule has 0 spiro atoms. The van der Waals surface area contributed by atoms with Gasteiger partial charge in [-0.2, -0.15) is 0 Å². The molecule has 0 bridgehead atoms. The number of nitrogens with zero attached hydrogens (tertiary/aromatic N) is 2. The van der Waals surface area contributed by atoms with Crippen LogP contribution in [0.3, 0.4) is 0 Å². The number of thioether (sulfide) groups is 1. The number of hydrogen-bond acceptors (Lipinski definition) is 7. The molecule has 0 radical (unpaired) electrons. The van der Waals surface area contributed by atoms with Crippen molar-refractivity contribution in [2.24, 2.45) is 0 Å². The largest absolute Gasteiger partial charge is 0.463 e. The number of H-pyrrole nitrogens is 1. The van der Waals surface area contributed by atoms with Crippen molar-refractivity contribution in [2.45, 2.75) is 17.3 Å². The predicted molar refractivity (Wildman–Crippen MR) is 125 cm³/mol. The van der Waals surface area contributed by atoms with E-state index in [9.17, 15) is 4.79 Å². The van der Waals surface area contributed by atoms with E-state index in [-0.39, 0.29) is 5.91 Å². The van der Waals surface area contributed by atoms with Crippen molar-refractivity contribution >= 4 is 34.1 Å². The highest BCUT2D eigenvalue weighted by molar-refractivity contribution is 8.00. The third-order valence-electron chi connectivity index (χ3n) is 4.67. The van der Waals surface area contributed by atoms with E-state index in [0.29, 0.717) is 33.2 Å². The molecule has 0 fully saturated rings. The first-order valence-electron chi connectivity index (χ1n) is 9.83. The molecule has 4 aromatic heterocycles. The summed E-state index contributed by atoms with van der Waals surface area (Å²) in [5, 5.41) is 5.58. The molecule has 2 N–H and O–H groups in total. The van der Waals surface area contributed by atoms with E-state index in [1.807, 2.05) is 60.8 Å². The minimum atomic E-state index is -0.404. The summed E-state index contributed by atoms with van der Waals surface area (Å²) >= 11 is 2.72. The van der Waals surface area contributed by atoms with Gasteiger partial charge in [-0.25, -0.2) is 9.97 Å². The average Bonchev–Trinajstić information content (AvgIpc) is 3.61. The smallest absolute Gasteiger partial charge is 0.239 e. The van der Waals surface area contributed by atoms with E-state index in [0.717, 1.165) is 11.3 Å². The Bertz CT molecular complexity index is 1260. The SMILES string of the molecule is CC(Sc1nc(-c2ccco2)c(-c2ccco2)[nH]1)C(=O)Nc1nc(-c2ccccc2)cs1. The number of hydrogen-bond donors (Lipinski definition) is 2. The fourth-order valence-corrected chi connectivity index (χ4v) is 4.63. The third kappa shape index (κ3) is 4.25. The van der Waals surface area contributed by atoms with E-state index >= 15 is 0 Å². The molecule has 0 aliphatic rings. The number of amides is 1. The number of imidazole rings is 1. The summed E-state index contributed by atoms with van der Waals surface area (Å²) in [7, 11) is 0. The van der Waals surface area contributed by atoms with Gasteiger partial charge in [0.25, 0.3) is 0 Å². The van der Waals surface area contributed by atoms with Crippen LogP contribution in [0.1, 0.15) is 6.92 Å². The summed E-state index contributed by atoms with van der Waals surface area (Å²) < 4.78 is 11.1. The maximum absolute atomic E-state index is 12.8. The van der Waals surface area contributed by atoms with Crippen LogP contribution in [0, 0.1) is 0 Å². The lowest BCUT2D eigenvalue weighted by atomic mass is 10.2. The Morgan fingerprint density at radius 3 is 2.50 bits per heavy atom. The van der Waals surface area contributed by atoms with Gasteiger partial charge in [0.05, 0.1) is 23.5 Å². The molecular weight excluding hydrogens is 444 g/mol. The Labute approximate surface area is 191 Å². The lowest BCUT2D eigenvalue weighted by Crippen LogP contribution is -2.22. The van der Waals surface area contributed by atoms with Gasteiger partial charge >= 0.3 is 0 Å². The number of carbonyl (C=O) groups is 1. The van der Waals surface area contributed by atoms with Crippen molar-refractivity contribution in [1.82, 2.24) is 15.0 Å². The highest BCUT2D eigenvalue weighted by atomic mass is 32.2. The first-order valence-corrected chi connectivity index (χ1v) is 11.6. The van der Waals surface area contributed by atoms with Crippen molar-refractivity contribution in [3.05, 3.63) is 72.5 Å². The quantitative estimate of drug-likeness (QED) is 0.281. The van der Waals surface area contributed by atoms with Gasteiger partial charge in [-0.3, -0.25) is 4.79 Å². The number of rotatable bonds is 7. The van der Waals surface area contributed by atoms with Crippen LogP contribution >= 0.6 is 23.1 Å². The molecule has 0 aliphatic heterocycles. The summed E-state index contributed by atoms with van der Waals surface area (Å²) in [5.41, 5.74) is 3.18. The molecule has 5 rings (SSSR count). The maximum Gasteiger partial charge on any atom is 0.239 e. The monoisotopic (exact) mass is 462 g/mol. The molecule has 0 aliphatic carbocycles. The maximum atomic E-state index is 12.8. The Kier molecular flexibility index (Phi) is 5.66. The normalized spacial score (nSPS) is 12.0. The molecule has 32 heavy (non-hydrogen) atoms. The minimum Gasteiger partial charge on any atom is -0.463 e. The van der Waals surface area contributed by atoms with Gasteiger partial charge in [0.1, 0.15) is 11.4 Å². The zero-order chi connectivity index (χ0) is 21.9. The number of aromatic amines is 1. The fraction of sp³-hybridized carbons (Fsp3) is 0.0870. The van der Waals surface area contributed by atoms with Crippen molar-refractivity contribution < 1.29 is 13.6 Å². The first kappa shape index (κ1) is 20.3. The van der Waals surface area contributed by atoms with Gasteiger partial charge in [-0.1, -0.05) is 42.1 Å². The lowest BCUT2D eigenvalue weighted by molar-refractivity contribution is -0.115. The van der Waals surface area contributed by atoms with Crippen LogP contribution < -0.4 is 5.32 Å². The Morgan fingerprint density at radius 1 is 1.03 bits per heavy atom. The number of aromatic nitrogens is 3. The van der Waals surface area contributed by atoms with E-state index < -0.39 is 5.25 Å². The van der Waals surface area contributed by atoms with Gasteiger partial charge in [0, 0.05) is 10.9 Å². The second-order valence-corrected chi connectivity index (χ2v) is 9.06. The molecule has 7 nitrogen and oxygen atoms in total. The standard InChI is InChI=1S/C23H18N4O3S2/c1-14(21(28)27-22-24-16(13-31-22)15-7-3-2-4-8-15)32-23-25-19(17-9-5-11-29-17)20(26-23)18-10-6-12-30-18/h2-14H,1H3,(H,25,26)(H,24,27,28). The number of anilines is 1. The van der Waals surface area contributed by atoms with Crippen molar-refractivity contribution in [3.8, 4) is 34.2 Å². The van der Waals surface area contributed by atoms with Crippen LogP contribution in [0.15, 0.2) is 86.5 Å². The zero-order valence-electron chi connectivity index (χ0n) is 16.9. The molecule has 0 saturated carbocycles. The number of nitrogens with one attached hydrogen (secondary N) is 2. The molecule has 1 unspecified atom stereocenters. The van der Waals surface area contributed by atoms with Crippen molar-refractivity contribution in [2.75, 3.05) is 5.32 Å². The van der Waals surface area contributed by atoms with Gasteiger partial charge in [0.2, 0.25) is 5.91 Å². The van der Waals surface area contributed by atoms with Crippen LogP contribution in [-0.4, -0.2) is 26.1 Å². The van der Waals surface area contributed by atoms with Crippen LogP contribution in [0.4, 0.5) is 5.13 Å².